The molecular weight excluding hydrogens is 258 g/mol. The SMILES string of the molecule is Cc1cc(C)c(C)c(C(=O)CCN2CCCC(C)C2)c1C. The molecule has 1 atom stereocenters. The Bertz CT molecular complexity index is 507. The lowest BCUT2D eigenvalue weighted by Gasteiger charge is -2.30. The van der Waals surface area contributed by atoms with Gasteiger partial charge in [0.1, 0.15) is 0 Å². The van der Waals surface area contributed by atoms with Gasteiger partial charge in [0.25, 0.3) is 0 Å². The zero-order chi connectivity index (χ0) is 15.6. The van der Waals surface area contributed by atoms with Crippen LogP contribution in [-0.2, 0) is 0 Å². The summed E-state index contributed by atoms with van der Waals surface area (Å²) in [6.45, 7) is 13.9. The number of piperidine rings is 1. The van der Waals surface area contributed by atoms with E-state index in [1.807, 2.05) is 0 Å². The quantitative estimate of drug-likeness (QED) is 0.773. The minimum Gasteiger partial charge on any atom is -0.303 e. The van der Waals surface area contributed by atoms with Crippen LogP contribution in [0, 0.1) is 33.6 Å². The maximum atomic E-state index is 12.7. The Hall–Kier alpha value is -1.15. The summed E-state index contributed by atoms with van der Waals surface area (Å²) in [6.07, 6.45) is 3.26. The highest BCUT2D eigenvalue weighted by Gasteiger charge is 2.19. The van der Waals surface area contributed by atoms with Gasteiger partial charge in [-0.15, -0.1) is 0 Å². The highest BCUT2D eigenvalue weighted by Crippen LogP contribution is 2.23. The third-order valence-electron chi connectivity index (χ3n) is 5.04. The van der Waals surface area contributed by atoms with E-state index in [4.69, 9.17) is 0 Å². The van der Waals surface area contributed by atoms with E-state index in [-0.39, 0.29) is 0 Å². The second-order valence-corrected chi connectivity index (χ2v) is 6.86. The summed E-state index contributed by atoms with van der Waals surface area (Å²) in [7, 11) is 0. The lowest BCUT2D eigenvalue weighted by Crippen LogP contribution is -2.35. The van der Waals surface area contributed by atoms with E-state index in [2.05, 4.69) is 45.6 Å². The number of Topliss-reactive ketones (excluding diaryl/α,β-unsaturated/α-hetero) is 1. The summed E-state index contributed by atoms with van der Waals surface area (Å²) < 4.78 is 0. The molecular formula is C19H29NO. The van der Waals surface area contributed by atoms with Crippen LogP contribution in [0.2, 0.25) is 0 Å². The van der Waals surface area contributed by atoms with Crippen molar-refractivity contribution >= 4 is 5.78 Å². The van der Waals surface area contributed by atoms with E-state index in [0.717, 1.165) is 42.2 Å². The van der Waals surface area contributed by atoms with Gasteiger partial charge in [-0.1, -0.05) is 13.0 Å². The average Bonchev–Trinajstić information content (AvgIpc) is 2.43. The van der Waals surface area contributed by atoms with Gasteiger partial charge < -0.3 is 4.90 Å². The van der Waals surface area contributed by atoms with Gasteiger partial charge >= 0.3 is 0 Å². The fourth-order valence-corrected chi connectivity index (χ4v) is 3.51. The summed E-state index contributed by atoms with van der Waals surface area (Å²) >= 11 is 0. The van der Waals surface area contributed by atoms with Crippen LogP contribution in [0.15, 0.2) is 6.07 Å². The summed E-state index contributed by atoms with van der Waals surface area (Å²) in [5.74, 6) is 1.09. The molecule has 1 unspecified atom stereocenters. The van der Waals surface area contributed by atoms with Crippen LogP contribution in [0.4, 0.5) is 0 Å². The number of benzene rings is 1. The highest BCUT2D eigenvalue weighted by molar-refractivity contribution is 5.99. The molecule has 116 valence electrons. The zero-order valence-electron chi connectivity index (χ0n) is 14.3. The number of carbonyl (C=O) groups is 1. The fourth-order valence-electron chi connectivity index (χ4n) is 3.51. The molecule has 1 aromatic carbocycles. The van der Waals surface area contributed by atoms with E-state index in [1.54, 1.807) is 0 Å². The van der Waals surface area contributed by atoms with Gasteiger partial charge in [-0.05, 0) is 75.3 Å². The molecule has 2 nitrogen and oxygen atoms in total. The number of rotatable bonds is 4. The largest absolute Gasteiger partial charge is 0.303 e. The molecule has 2 rings (SSSR count). The van der Waals surface area contributed by atoms with Gasteiger partial charge in [-0.3, -0.25) is 4.79 Å². The van der Waals surface area contributed by atoms with Crippen molar-refractivity contribution in [2.24, 2.45) is 5.92 Å². The molecule has 1 heterocycles. The first-order chi connectivity index (χ1) is 9.90. The molecule has 0 radical (unpaired) electrons. The van der Waals surface area contributed by atoms with Gasteiger partial charge in [-0.2, -0.15) is 0 Å². The van der Waals surface area contributed by atoms with Gasteiger partial charge in [0.15, 0.2) is 5.78 Å². The van der Waals surface area contributed by atoms with E-state index >= 15 is 0 Å². The molecule has 2 heteroatoms. The van der Waals surface area contributed by atoms with E-state index in [0.29, 0.717) is 12.2 Å². The molecule has 1 fully saturated rings. The van der Waals surface area contributed by atoms with Crippen molar-refractivity contribution < 1.29 is 4.79 Å². The van der Waals surface area contributed by atoms with Crippen molar-refractivity contribution in [2.75, 3.05) is 19.6 Å². The third kappa shape index (κ3) is 3.74. The second-order valence-electron chi connectivity index (χ2n) is 6.86. The average molecular weight is 287 g/mol. The van der Waals surface area contributed by atoms with Crippen molar-refractivity contribution in [3.05, 3.63) is 33.9 Å². The lowest BCUT2D eigenvalue weighted by molar-refractivity contribution is 0.0947. The highest BCUT2D eigenvalue weighted by atomic mass is 16.1. The smallest absolute Gasteiger partial charge is 0.164 e. The van der Waals surface area contributed by atoms with Crippen LogP contribution < -0.4 is 0 Å². The Kier molecular flexibility index (Phi) is 5.21. The van der Waals surface area contributed by atoms with Crippen molar-refractivity contribution in [1.82, 2.24) is 4.90 Å². The van der Waals surface area contributed by atoms with Gasteiger partial charge in [0.05, 0.1) is 0 Å². The van der Waals surface area contributed by atoms with E-state index < -0.39 is 0 Å². The Morgan fingerprint density at radius 1 is 1.19 bits per heavy atom. The van der Waals surface area contributed by atoms with Crippen LogP contribution in [-0.4, -0.2) is 30.3 Å². The molecule has 0 amide bonds. The monoisotopic (exact) mass is 287 g/mol. The zero-order valence-corrected chi connectivity index (χ0v) is 14.3. The van der Waals surface area contributed by atoms with Gasteiger partial charge in [-0.25, -0.2) is 0 Å². The summed E-state index contributed by atoms with van der Waals surface area (Å²) in [5, 5.41) is 0. The number of nitrogens with zero attached hydrogens (tertiary/aromatic N) is 1. The maximum Gasteiger partial charge on any atom is 0.164 e. The molecule has 1 aliphatic rings. The first kappa shape index (κ1) is 16.2. The molecule has 0 aliphatic carbocycles. The minimum atomic E-state index is 0.315. The molecule has 0 bridgehead atoms. The molecule has 1 saturated heterocycles. The first-order valence-corrected chi connectivity index (χ1v) is 8.23. The number of carbonyl (C=O) groups excluding carboxylic acids is 1. The molecule has 1 aromatic rings. The number of likely N-dealkylation sites (tertiary alicyclic amines) is 1. The molecule has 21 heavy (non-hydrogen) atoms. The van der Waals surface area contributed by atoms with E-state index in [9.17, 15) is 4.79 Å². The Morgan fingerprint density at radius 3 is 2.38 bits per heavy atom. The molecule has 0 spiro atoms. The summed E-state index contributed by atoms with van der Waals surface area (Å²) in [6, 6.07) is 2.19. The number of hydrogen-bond acceptors (Lipinski definition) is 2. The predicted molar refractivity (Wildman–Crippen MR) is 89.2 cm³/mol. The minimum absolute atomic E-state index is 0.315. The van der Waals surface area contributed by atoms with Crippen LogP contribution in [0.1, 0.15) is 58.8 Å². The van der Waals surface area contributed by atoms with Crippen LogP contribution in [0.25, 0.3) is 0 Å². The second kappa shape index (κ2) is 6.74. The molecule has 1 aliphatic heterocycles. The van der Waals surface area contributed by atoms with Crippen molar-refractivity contribution in [3.63, 3.8) is 0 Å². The maximum absolute atomic E-state index is 12.7. The topological polar surface area (TPSA) is 20.3 Å². The standard InChI is InChI=1S/C19H29NO/c1-13-7-6-9-20(12-13)10-8-18(21)19-16(4)14(2)11-15(3)17(19)5/h11,13H,6-10,12H2,1-5H3. The van der Waals surface area contributed by atoms with Crippen LogP contribution in [0.5, 0.6) is 0 Å². The van der Waals surface area contributed by atoms with Crippen molar-refractivity contribution in [3.8, 4) is 0 Å². The number of ketones is 1. The Morgan fingerprint density at radius 2 is 1.81 bits per heavy atom. The Labute approximate surface area is 129 Å². The molecule has 0 saturated carbocycles. The van der Waals surface area contributed by atoms with Crippen LogP contribution in [0.3, 0.4) is 0 Å². The molecule has 0 N–H and O–H groups in total. The third-order valence-corrected chi connectivity index (χ3v) is 5.04. The summed E-state index contributed by atoms with van der Waals surface area (Å²) in [4.78, 5) is 15.1. The lowest BCUT2D eigenvalue weighted by atomic mass is 9.90. The first-order valence-electron chi connectivity index (χ1n) is 8.23. The van der Waals surface area contributed by atoms with Crippen molar-refractivity contribution in [1.29, 1.82) is 0 Å². The van der Waals surface area contributed by atoms with Crippen LogP contribution >= 0.6 is 0 Å². The number of aryl methyl sites for hydroxylation is 2. The van der Waals surface area contributed by atoms with E-state index in [1.165, 1.54) is 24.0 Å². The fraction of sp³-hybridized carbons (Fsp3) is 0.632. The van der Waals surface area contributed by atoms with Gasteiger partial charge in [0.2, 0.25) is 0 Å². The Balaban J connectivity index is 2.07. The molecule has 0 aromatic heterocycles. The normalized spacial score (nSPS) is 19.8. The predicted octanol–water partition coefficient (Wildman–Crippen LogP) is 4.22. The van der Waals surface area contributed by atoms with Crippen molar-refractivity contribution in [2.45, 2.75) is 53.9 Å². The summed E-state index contributed by atoms with van der Waals surface area (Å²) in [5.41, 5.74) is 5.75. The van der Waals surface area contributed by atoms with Gasteiger partial charge in [0, 0.05) is 25.1 Å². The number of hydrogen-bond donors (Lipinski definition) is 0.